The van der Waals surface area contributed by atoms with Crippen molar-refractivity contribution in [2.45, 2.75) is 33.1 Å². The molecular formula is C7H12N2O4S. The topological polar surface area (TPSA) is 100 Å². The Hall–Kier alpha value is -1.47. The SMILES string of the molecule is CCCCC.N#COS(=O)(=O)OC#N. The molecule has 0 N–H and O–H groups in total. The third-order valence-electron chi connectivity index (χ3n) is 0.986. The maximum Gasteiger partial charge on any atom is 0.521 e. The molecule has 0 heterocycles. The van der Waals surface area contributed by atoms with Gasteiger partial charge in [0.15, 0.2) is 0 Å². The van der Waals surface area contributed by atoms with Gasteiger partial charge in [-0.25, -0.2) is 0 Å². The third-order valence-corrected chi connectivity index (χ3v) is 1.54. The lowest BCUT2D eigenvalue weighted by atomic mass is 10.3. The first-order valence-corrected chi connectivity index (χ1v) is 5.27. The zero-order valence-corrected chi connectivity index (χ0v) is 8.87. The van der Waals surface area contributed by atoms with Crippen molar-refractivity contribution in [3.05, 3.63) is 0 Å². The maximum absolute atomic E-state index is 9.94. The second kappa shape index (κ2) is 9.62. The second-order valence-corrected chi connectivity index (χ2v) is 3.26. The van der Waals surface area contributed by atoms with Crippen LogP contribution in [0.5, 0.6) is 0 Å². The summed E-state index contributed by atoms with van der Waals surface area (Å²) in [6, 6.07) is 0. The lowest BCUT2D eigenvalue weighted by molar-refractivity contribution is 0.355. The molecule has 0 saturated heterocycles. The molecule has 0 aliphatic rings. The summed E-state index contributed by atoms with van der Waals surface area (Å²) in [5, 5.41) is 15.2. The van der Waals surface area contributed by atoms with E-state index in [2.05, 4.69) is 22.2 Å². The van der Waals surface area contributed by atoms with Crippen molar-refractivity contribution in [2.75, 3.05) is 0 Å². The van der Waals surface area contributed by atoms with E-state index in [1.165, 1.54) is 19.3 Å². The molecular weight excluding hydrogens is 208 g/mol. The van der Waals surface area contributed by atoms with Gasteiger partial charge in [0.25, 0.3) is 0 Å². The summed E-state index contributed by atoms with van der Waals surface area (Å²) in [6.07, 6.45) is 5.73. The minimum Gasteiger partial charge on any atom is -0.271 e. The molecule has 0 bridgehead atoms. The van der Waals surface area contributed by atoms with E-state index in [-0.39, 0.29) is 0 Å². The highest BCUT2D eigenvalue weighted by Gasteiger charge is 2.10. The summed E-state index contributed by atoms with van der Waals surface area (Å²) >= 11 is 0. The van der Waals surface area contributed by atoms with Gasteiger partial charge in [-0.05, 0) is 0 Å². The van der Waals surface area contributed by atoms with Crippen LogP contribution in [0, 0.1) is 23.0 Å². The highest BCUT2D eigenvalue weighted by atomic mass is 32.3. The van der Waals surface area contributed by atoms with Gasteiger partial charge in [-0.3, -0.25) is 8.37 Å². The molecule has 0 aromatic rings. The molecule has 0 aliphatic carbocycles. The number of nitrogens with zero attached hydrogens (tertiary/aromatic N) is 2. The van der Waals surface area contributed by atoms with E-state index in [0.717, 1.165) is 12.5 Å². The van der Waals surface area contributed by atoms with E-state index in [9.17, 15) is 8.42 Å². The van der Waals surface area contributed by atoms with Crippen LogP contribution in [-0.2, 0) is 18.8 Å². The van der Waals surface area contributed by atoms with Crippen molar-refractivity contribution < 1.29 is 16.8 Å². The van der Waals surface area contributed by atoms with Crippen LogP contribution in [0.4, 0.5) is 0 Å². The zero-order chi connectivity index (χ0) is 11.4. The molecule has 0 aromatic carbocycles. The number of nitriles is 2. The molecule has 0 fully saturated rings. The number of unbranched alkanes of at least 4 members (excludes halogenated alkanes) is 2. The Bertz CT molecular complexity index is 275. The van der Waals surface area contributed by atoms with Crippen molar-refractivity contribution in [3.63, 3.8) is 0 Å². The highest BCUT2D eigenvalue weighted by Crippen LogP contribution is 1.90. The predicted octanol–water partition coefficient (Wildman–Crippen LogP) is 1.42. The van der Waals surface area contributed by atoms with Gasteiger partial charge in [0.1, 0.15) is 0 Å². The summed E-state index contributed by atoms with van der Waals surface area (Å²) < 4.78 is 26.5. The van der Waals surface area contributed by atoms with Crippen molar-refractivity contribution in [1.29, 1.82) is 10.5 Å². The van der Waals surface area contributed by atoms with Crippen molar-refractivity contribution in [2.24, 2.45) is 0 Å². The monoisotopic (exact) mass is 220 g/mol. The first-order chi connectivity index (χ1) is 6.54. The van der Waals surface area contributed by atoms with Crippen molar-refractivity contribution >= 4 is 10.4 Å². The Morgan fingerprint density at radius 3 is 1.57 bits per heavy atom. The van der Waals surface area contributed by atoms with Gasteiger partial charge >= 0.3 is 22.9 Å². The third kappa shape index (κ3) is 13.1. The minimum absolute atomic E-state index is 0.829. The van der Waals surface area contributed by atoms with Gasteiger partial charge in [0.05, 0.1) is 0 Å². The molecule has 6 nitrogen and oxygen atoms in total. The van der Waals surface area contributed by atoms with E-state index in [1.54, 1.807) is 0 Å². The molecule has 80 valence electrons. The molecule has 0 amide bonds. The summed E-state index contributed by atoms with van der Waals surface area (Å²) in [6.45, 7) is 4.42. The zero-order valence-electron chi connectivity index (χ0n) is 8.06. The van der Waals surface area contributed by atoms with Gasteiger partial charge < -0.3 is 0 Å². The average molecular weight is 220 g/mol. The van der Waals surface area contributed by atoms with Gasteiger partial charge in [0, 0.05) is 0 Å². The fourth-order valence-electron chi connectivity index (χ4n) is 0.462. The molecule has 0 radical (unpaired) electrons. The Morgan fingerprint density at radius 2 is 1.43 bits per heavy atom. The van der Waals surface area contributed by atoms with E-state index in [1.807, 2.05) is 0 Å². The lowest BCUT2D eigenvalue weighted by Crippen LogP contribution is -2.02. The largest absolute Gasteiger partial charge is 0.521 e. The van der Waals surface area contributed by atoms with Crippen LogP contribution in [0.2, 0.25) is 0 Å². The van der Waals surface area contributed by atoms with Crippen LogP contribution >= 0.6 is 0 Å². The molecule has 7 heteroatoms. The minimum atomic E-state index is -4.40. The standard InChI is InChI=1S/C5H12.C2N2O4S/c1-3-5-4-2;3-1-7-9(5,6)8-2-4/h3-5H2,1-2H3;. The molecule has 0 saturated carbocycles. The van der Waals surface area contributed by atoms with Crippen LogP contribution in [-0.4, -0.2) is 8.42 Å². The van der Waals surface area contributed by atoms with Gasteiger partial charge in [-0.1, -0.05) is 33.1 Å². The van der Waals surface area contributed by atoms with E-state index in [4.69, 9.17) is 10.5 Å². The molecule has 0 rings (SSSR count). The lowest BCUT2D eigenvalue weighted by Gasteiger charge is -1.87. The first-order valence-electron chi connectivity index (χ1n) is 3.94. The predicted molar refractivity (Wildman–Crippen MR) is 47.5 cm³/mol. The first kappa shape index (κ1) is 15.0. The quantitative estimate of drug-likeness (QED) is 0.664. The fraction of sp³-hybridized carbons (Fsp3) is 0.714. The molecule has 14 heavy (non-hydrogen) atoms. The Kier molecular flexibility index (Phi) is 10.3. The van der Waals surface area contributed by atoms with Gasteiger partial charge in [-0.2, -0.15) is 0 Å². The Balaban J connectivity index is 0. The normalized spacial score (nSPS) is 8.57. The van der Waals surface area contributed by atoms with Gasteiger partial charge in [-0.15, -0.1) is 18.9 Å². The van der Waals surface area contributed by atoms with E-state index >= 15 is 0 Å². The van der Waals surface area contributed by atoms with Crippen LogP contribution in [0.1, 0.15) is 33.1 Å². The average Bonchev–Trinajstić information content (AvgIpc) is 2.06. The Morgan fingerprint density at radius 1 is 1.07 bits per heavy atom. The van der Waals surface area contributed by atoms with Crippen LogP contribution in [0.25, 0.3) is 0 Å². The molecule has 0 aromatic heterocycles. The second-order valence-electron chi connectivity index (χ2n) is 2.11. The summed E-state index contributed by atoms with van der Waals surface area (Å²) in [5.41, 5.74) is 0. The van der Waals surface area contributed by atoms with Crippen LogP contribution < -0.4 is 0 Å². The van der Waals surface area contributed by atoms with Gasteiger partial charge in [0.2, 0.25) is 0 Å². The highest BCUT2D eigenvalue weighted by molar-refractivity contribution is 7.82. The molecule has 0 unspecified atom stereocenters. The van der Waals surface area contributed by atoms with Crippen molar-refractivity contribution in [3.8, 4) is 12.5 Å². The summed E-state index contributed by atoms with van der Waals surface area (Å²) in [5.74, 6) is 0. The van der Waals surface area contributed by atoms with Crippen molar-refractivity contribution in [1.82, 2.24) is 0 Å². The number of rotatable bonds is 4. The van der Waals surface area contributed by atoms with E-state index < -0.39 is 10.4 Å². The summed E-state index contributed by atoms with van der Waals surface area (Å²) in [7, 11) is -4.40. The smallest absolute Gasteiger partial charge is 0.271 e. The molecule has 0 atom stereocenters. The molecule has 0 aliphatic heterocycles. The van der Waals surface area contributed by atoms with Crippen LogP contribution in [0.15, 0.2) is 0 Å². The molecule has 0 spiro atoms. The Labute approximate surface area is 84.0 Å². The number of hydrogen-bond donors (Lipinski definition) is 0. The fourth-order valence-corrected chi connectivity index (χ4v) is 0.678. The number of hydrogen-bond acceptors (Lipinski definition) is 6. The maximum atomic E-state index is 9.94. The van der Waals surface area contributed by atoms with E-state index in [0.29, 0.717) is 0 Å². The van der Waals surface area contributed by atoms with Crippen LogP contribution in [0.3, 0.4) is 0 Å². The summed E-state index contributed by atoms with van der Waals surface area (Å²) in [4.78, 5) is 0.